The Hall–Kier alpha value is -2.30. The van der Waals surface area contributed by atoms with Crippen molar-refractivity contribution in [1.82, 2.24) is 0 Å². The first-order valence-corrected chi connectivity index (χ1v) is 10.7. The largest absolute Gasteiger partial charge is 0.478 e. The summed E-state index contributed by atoms with van der Waals surface area (Å²) in [6.45, 7) is 6.74. The molecule has 1 aliphatic heterocycles. The zero-order valence-corrected chi connectivity index (χ0v) is 19.5. The smallest absolute Gasteiger partial charge is 0.340 e. The van der Waals surface area contributed by atoms with Crippen LogP contribution >= 0.6 is 0 Å². The predicted molar refractivity (Wildman–Crippen MR) is 119 cm³/mol. The molecule has 1 aliphatic rings. The van der Waals surface area contributed by atoms with E-state index in [4.69, 9.17) is 18.9 Å². The highest BCUT2D eigenvalue weighted by Crippen LogP contribution is 2.33. The highest BCUT2D eigenvalue weighted by Gasteiger charge is 2.43. The van der Waals surface area contributed by atoms with Crippen LogP contribution in [0.25, 0.3) is 6.08 Å². The lowest BCUT2D eigenvalue weighted by Gasteiger charge is -2.20. The summed E-state index contributed by atoms with van der Waals surface area (Å²) in [6, 6.07) is 2.36. The number of methoxy groups -OCH3 is 1. The number of carboxylic acid groups (broad SMARTS) is 1. The number of halogens is 1. The Morgan fingerprint density at radius 3 is 2.55 bits per heavy atom. The minimum absolute atomic E-state index is 0.0161. The first-order valence-electron chi connectivity index (χ1n) is 10.7. The van der Waals surface area contributed by atoms with Crippen LogP contribution in [0.5, 0.6) is 5.75 Å². The topological polar surface area (TPSA) is 115 Å². The molecule has 1 fully saturated rings. The molecule has 33 heavy (non-hydrogen) atoms. The van der Waals surface area contributed by atoms with Crippen LogP contribution in [0.2, 0.25) is 0 Å². The highest BCUT2D eigenvalue weighted by molar-refractivity contribution is 5.95. The van der Waals surface area contributed by atoms with Crippen molar-refractivity contribution in [2.75, 3.05) is 13.9 Å². The van der Waals surface area contributed by atoms with Gasteiger partial charge in [0.05, 0.1) is 12.2 Å². The molecular weight excluding hydrogens is 435 g/mol. The standard InChI is InChI=1S/C24H33FO8/c1-14(15(2)26)9-11-18(27)22-20(32-24(3,4)33-22)8-6-7-16-17(25)10-12-19(31-13-30-5)21(16)23(28)29/h6-7,9-12,14-15,18,20,22,26-27H,8,13H2,1-5H3,(H,28,29)/t14-,15+,18?,20+,22-/m1/s1. The molecule has 9 heteroatoms. The summed E-state index contributed by atoms with van der Waals surface area (Å²) in [5.41, 5.74) is -0.462. The van der Waals surface area contributed by atoms with Gasteiger partial charge in [0.1, 0.15) is 29.3 Å². The zero-order valence-electron chi connectivity index (χ0n) is 19.5. The third-order valence-corrected chi connectivity index (χ3v) is 5.28. The maximum atomic E-state index is 14.5. The molecule has 1 saturated heterocycles. The van der Waals surface area contributed by atoms with Gasteiger partial charge in [-0.3, -0.25) is 0 Å². The van der Waals surface area contributed by atoms with E-state index < -0.39 is 42.0 Å². The first kappa shape index (κ1) is 26.9. The fourth-order valence-corrected chi connectivity index (χ4v) is 3.41. The van der Waals surface area contributed by atoms with Crippen molar-refractivity contribution in [3.8, 4) is 5.75 Å². The SMILES string of the molecule is COCOc1ccc(F)c(C=CC[C@@H]2OC(C)(C)O[C@@H]2C(O)C=C[C@@H](C)[C@H](C)O)c1C(=O)O. The zero-order chi connectivity index (χ0) is 24.8. The summed E-state index contributed by atoms with van der Waals surface area (Å²) >= 11 is 0. The Kier molecular flexibility index (Phi) is 9.57. The fraction of sp³-hybridized carbons (Fsp3) is 0.542. The number of hydrogen-bond donors (Lipinski definition) is 3. The monoisotopic (exact) mass is 468 g/mol. The van der Waals surface area contributed by atoms with E-state index >= 15 is 0 Å². The molecule has 0 saturated carbocycles. The summed E-state index contributed by atoms with van der Waals surface area (Å²) in [7, 11) is 1.39. The summed E-state index contributed by atoms with van der Waals surface area (Å²) in [6.07, 6.45) is 3.58. The highest BCUT2D eigenvalue weighted by atomic mass is 19.1. The van der Waals surface area contributed by atoms with Gasteiger partial charge in [0.15, 0.2) is 12.6 Å². The van der Waals surface area contributed by atoms with Gasteiger partial charge >= 0.3 is 5.97 Å². The van der Waals surface area contributed by atoms with E-state index in [0.29, 0.717) is 0 Å². The molecule has 0 spiro atoms. The number of aromatic carboxylic acids is 1. The number of rotatable bonds is 11. The van der Waals surface area contributed by atoms with Crippen molar-refractivity contribution in [1.29, 1.82) is 0 Å². The van der Waals surface area contributed by atoms with Crippen molar-refractivity contribution in [3.63, 3.8) is 0 Å². The molecule has 8 nitrogen and oxygen atoms in total. The minimum atomic E-state index is -1.34. The van der Waals surface area contributed by atoms with E-state index in [1.54, 1.807) is 39.0 Å². The Balaban J connectivity index is 2.22. The number of carbonyl (C=O) groups is 1. The molecule has 0 aliphatic carbocycles. The molecule has 3 N–H and O–H groups in total. The van der Waals surface area contributed by atoms with Gasteiger partial charge in [-0.1, -0.05) is 31.2 Å². The second-order valence-corrected chi connectivity index (χ2v) is 8.44. The Labute approximate surface area is 193 Å². The van der Waals surface area contributed by atoms with Crippen LogP contribution < -0.4 is 4.74 Å². The van der Waals surface area contributed by atoms with E-state index in [2.05, 4.69) is 0 Å². The third kappa shape index (κ3) is 7.35. The Bertz CT molecular complexity index is 864. The molecule has 0 amide bonds. The lowest BCUT2D eigenvalue weighted by Crippen LogP contribution is -2.34. The maximum Gasteiger partial charge on any atom is 0.340 e. The molecule has 5 atom stereocenters. The third-order valence-electron chi connectivity index (χ3n) is 5.28. The molecule has 1 unspecified atom stereocenters. The van der Waals surface area contributed by atoms with Crippen LogP contribution in [0, 0.1) is 11.7 Å². The number of ether oxygens (including phenoxy) is 4. The van der Waals surface area contributed by atoms with Crippen LogP contribution in [-0.2, 0) is 14.2 Å². The molecule has 1 heterocycles. The quantitative estimate of drug-likeness (QED) is 0.335. The van der Waals surface area contributed by atoms with Gasteiger partial charge in [-0.2, -0.15) is 0 Å². The minimum Gasteiger partial charge on any atom is -0.478 e. The van der Waals surface area contributed by atoms with Gasteiger partial charge < -0.3 is 34.3 Å². The van der Waals surface area contributed by atoms with Crippen molar-refractivity contribution in [2.24, 2.45) is 5.92 Å². The molecule has 2 rings (SSSR count). The van der Waals surface area contributed by atoms with E-state index in [1.807, 2.05) is 6.92 Å². The van der Waals surface area contributed by atoms with Gasteiger partial charge in [-0.15, -0.1) is 0 Å². The van der Waals surface area contributed by atoms with Gasteiger partial charge in [0.2, 0.25) is 0 Å². The maximum absolute atomic E-state index is 14.5. The molecule has 0 bridgehead atoms. The molecule has 0 aromatic heterocycles. The second-order valence-electron chi connectivity index (χ2n) is 8.44. The lowest BCUT2D eigenvalue weighted by molar-refractivity contribution is -0.152. The van der Waals surface area contributed by atoms with Gasteiger partial charge in [-0.05, 0) is 45.2 Å². The van der Waals surface area contributed by atoms with Crippen molar-refractivity contribution >= 4 is 12.0 Å². The normalized spacial score (nSPS) is 23.2. The predicted octanol–water partition coefficient (Wildman–Crippen LogP) is 3.36. The van der Waals surface area contributed by atoms with Crippen LogP contribution in [0.3, 0.4) is 0 Å². The molecule has 184 valence electrons. The van der Waals surface area contributed by atoms with Crippen LogP contribution in [-0.4, -0.2) is 65.4 Å². The van der Waals surface area contributed by atoms with Crippen molar-refractivity contribution in [2.45, 2.75) is 64.3 Å². The van der Waals surface area contributed by atoms with Gasteiger partial charge in [0, 0.05) is 12.7 Å². The van der Waals surface area contributed by atoms with E-state index in [0.717, 1.165) is 6.07 Å². The summed E-state index contributed by atoms with van der Waals surface area (Å²) in [5.74, 6) is -3.17. The average molecular weight is 469 g/mol. The average Bonchev–Trinajstić information content (AvgIpc) is 3.05. The molecular formula is C24H33FO8. The summed E-state index contributed by atoms with van der Waals surface area (Å²) in [4.78, 5) is 11.8. The van der Waals surface area contributed by atoms with Gasteiger partial charge in [0.25, 0.3) is 0 Å². The summed E-state index contributed by atoms with van der Waals surface area (Å²) < 4.78 is 36.2. The second kappa shape index (κ2) is 11.7. The number of carboxylic acids is 1. The number of aliphatic hydroxyl groups is 2. The summed E-state index contributed by atoms with van der Waals surface area (Å²) in [5, 5.41) is 29.8. The molecule has 0 radical (unpaired) electrons. The van der Waals surface area contributed by atoms with Crippen LogP contribution in [0.1, 0.15) is 50.0 Å². The fourth-order valence-electron chi connectivity index (χ4n) is 3.41. The van der Waals surface area contributed by atoms with Crippen LogP contribution in [0.4, 0.5) is 4.39 Å². The lowest BCUT2D eigenvalue weighted by atomic mass is 10.00. The van der Waals surface area contributed by atoms with E-state index in [-0.39, 0.29) is 36.0 Å². The van der Waals surface area contributed by atoms with Gasteiger partial charge in [-0.25, -0.2) is 9.18 Å². The molecule has 1 aromatic rings. The number of hydrogen-bond acceptors (Lipinski definition) is 7. The first-order chi connectivity index (χ1) is 15.5. The number of benzene rings is 1. The van der Waals surface area contributed by atoms with Crippen LogP contribution in [0.15, 0.2) is 30.4 Å². The van der Waals surface area contributed by atoms with E-state index in [9.17, 15) is 24.5 Å². The Morgan fingerprint density at radius 2 is 1.94 bits per heavy atom. The number of aliphatic hydroxyl groups excluding tert-OH is 2. The molecule has 1 aromatic carbocycles. The van der Waals surface area contributed by atoms with Crippen molar-refractivity contribution < 1.29 is 43.5 Å². The Morgan fingerprint density at radius 1 is 1.24 bits per heavy atom. The van der Waals surface area contributed by atoms with Crippen molar-refractivity contribution in [3.05, 3.63) is 47.3 Å². The van der Waals surface area contributed by atoms with E-state index in [1.165, 1.54) is 19.3 Å².